The molecule has 2 fully saturated rings. The lowest BCUT2D eigenvalue weighted by Crippen LogP contribution is -2.57. The van der Waals surface area contributed by atoms with Gasteiger partial charge in [0.1, 0.15) is 17.9 Å². The first-order valence-electron chi connectivity index (χ1n) is 27.7. The smallest absolute Gasteiger partial charge is 0.391 e. The molecular formula is C60H75F4N9O7S. The molecule has 16 nitrogen and oxygen atoms in total. The minimum atomic E-state index is -4.99. The van der Waals surface area contributed by atoms with Crippen LogP contribution in [0, 0.1) is 18.2 Å². The maximum Gasteiger partial charge on any atom is 0.417 e. The summed E-state index contributed by atoms with van der Waals surface area (Å²) in [5.41, 5.74) is 2.00. The fraction of sp³-hybridized carbons (Fsp3) is 0.483. The number of aliphatic hydroxyl groups is 1. The molecule has 2 aliphatic rings. The summed E-state index contributed by atoms with van der Waals surface area (Å²) in [5.74, 6) is -3.31. The number of unbranched alkanes of at least 4 members (excludes halogenated alkanes) is 7. The summed E-state index contributed by atoms with van der Waals surface area (Å²) < 4.78 is 57.7. The van der Waals surface area contributed by atoms with Crippen molar-refractivity contribution < 1.29 is 46.6 Å². The number of likely N-dealkylation sites (N-methyl/N-ethyl adjacent to an activating group) is 1. The molecule has 2 aromatic heterocycles. The third-order valence-corrected chi connectivity index (χ3v) is 16.3. The molecule has 2 aliphatic heterocycles. The standard InChI is InChI=1S/C60H75F4N9O7S/c1-36-32-72(33-37(2)71(36)7)49-24-22-41(27-48(49)69-56(78)45-31-66-52(76)29-46(45)60(62,63)64)44-23-21-42(26-47(44)61)55(77)65-25-15-13-11-9-8-10-12-14-16-51(75)70-54(59(4,5)6)58(80)73-34-43(74)28-50(73)57(79)67-30-39-17-19-40(20-18-39)53-38(3)68-35-81-53/h17-24,26-27,29,31,35-37,43,50,54,74H,8-16,25,28,30,32-34H2,1-7H3,(H,65,77)(H,66,76)(H,67,79)(H,69,78)(H,70,75)/t36-,37+,43-,50+,54?/m1/s1. The van der Waals surface area contributed by atoms with Crippen molar-refractivity contribution in [1.82, 2.24) is 35.7 Å². The molecule has 0 bridgehead atoms. The van der Waals surface area contributed by atoms with Crippen molar-refractivity contribution in [2.24, 2.45) is 5.41 Å². The number of H-pyrrole nitrogens is 1. The topological polar surface area (TPSA) is 209 Å². The molecule has 5 atom stereocenters. The molecule has 7 rings (SSSR count). The number of aromatic amines is 1. The van der Waals surface area contributed by atoms with Crippen molar-refractivity contribution >= 4 is 52.2 Å². The molecule has 2 saturated heterocycles. The number of halogens is 4. The average Bonchev–Trinajstić information content (AvgIpc) is 4.22. The van der Waals surface area contributed by atoms with Gasteiger partial charge in [-0.15, -0.1) is 11.3 Å². The van der Waals surface area contributed by atoms with Crippen LogP contribution in [-0.4, -0.2) is 118 Å². The lowest BCUT2D eigenvalue weighted by Gasteiger charge is -2.44. The van der Waals surface area contributed by atoms with E-state index < -0.39 is 70.0 Å². The van der Waals surface area contributed by atoms with E-state index in [1.165, 1.54) is 23.1 Å². The Morgan fingerprint density at radius 3 is 2.11 bits per heavy atom. The average molecular weight is 1140 g/mol. The molecule has 3 aromatic carbocycles. The summed E-state index contributed by atoms with van der Waals surface area (Å²) in [6.07, 6.45) is 2.00. The highest BCUT2D eigenvalue weighted by Gasteiger charge is 2.44. The van der Waals surface area contributed by atoms with Gasteiger partial charge in [-0.3, -0.25) is 33.7 Å². The van der Waals surface area contributed by atoms with Gasteiger partial charge in [0.15, 0.2) is 0 Å². The number of carbonyl (C=O) groups is 5. The molecule has 0 radical (unpaired) electrons. The van der Waals surface area contributed by atoms with Crippen LogP contribution in [0.25, 0.3) is 21.6 Å². The van der Waals surface area contributed by atoms with E-state index in [2.05, 4.69) is 36.1 Å². The molecule has 1 unspecified atom stereocenters. The van der Waals surface area contributed by atoms with Gasteiger partial charge in [0.2, 0.25) is 23.3 Å². The zero-order valence-electron chi connectivity index (χ0n) is 47.1. The number of rotatable bonds is 22. The number of benzene rings is 3. The maximum atomic E-state index is 15.9. The predicted octanol–water partition coefficient (Wildman–Crippen LogP) is 9.46. The van der Waals surface area contributed by atoms with Crippen molar-refractivity contribution in [3.05, 3.63) is 123 Å². The number of amides is 5. The first-order chi connectivity index (χ1) is 38.4. The number of hydrogen-bond donors (Lipinski definition) is 6. The van der Waals surface area contributed by atoms with Crippen molar-refractivity contribution in [2.45, 2.75) is 149 Å². The number of piperazine rings is 1. The zero-order chi connectivity index (χ0) is 58.8. The second kappa shape index (κ2) is 27.2. The molecule has 0 aliphatic carbocycles. The minimum absolute atomic E-state index is 0.00856. The summed E-state index contributed by atoms with van der Waals surface area (Å²) in [7, 11) is 2.00. The summed E-state index contributed by atoms with van der Waals surface area (Å²) in [4.78, 5) is 92.3. The molecule has 5 amide bonds. The monoisotopic (exact) mass is 1140 g/mol. The van der Waals surface area contributed by atoms with Gasteiger partial charge in [-0.25, -0.2) is 9.37 Å². The van der Waals surface area contributed by atoms with Crippen molar-refractivity contribution in [1.29, 1.82) is 0 Å². The summed E-state index contributed by atoms with van der Waals surface area (Å²) in [6, 6.07) is 15.5. The van der Waals surface area contributed by atoms with E-state index in [9.17, 15) is 47.0 Å². The fourth-order valence-corrected chi connectivity index (χ4v) is 11.3. The van der Waals surface area contributed by atoms with Crippen LogP contribution < -0.4 is 31.7 Å². The van der Waals surface area contributed by atoms with Gasteiger partial charge in [-0.2, -0.15) is 13.2 Å². The van der Waals surface area contributed by atoms with Gasteiger partial charge in [0.25, 0.3) is 11.8 Å². The number of pyridine rings is 1. The Bertz CT molecular complexity index is 3080. The Morgan fingerprint density at radius 2 is 1.48 bits per heavy atom. The van der Waals surface area contributed by atoms with Crippen LogP contribution in [0.15, 0.2) is 83.2 Å². The van der Waals surface area contributed by atoms with Crippen molar-refractivity contribution in [3.63, 3.8) is 0 Å². The van der Waals surface area contributed by atoms with Crippen LogP contribution in [0.3, 0.4) is 0 Å². The molecule has 0 spiro atoms. The van der Waals surface area contributed by atoms with Gasteiger partial charge in [0.05, 0.1) is 44.7 Å². The van der Waals surface area contributed by atoms with Crippen LogP contribution in [0.1, 0.15) is 136 Å². The highest BCUT2D eigenvalue weighted by molar-refractivity contribution is 7.13. The predicted molar refractivity (Wildman–Crippen MR) is 306 cm³/mol. The van der Waals surface area contributed by atoms with Crippen molar-refractivity contribution in [2.75, 3.05) is 43.4 Å². The van der Waals surface area contributed by atoms with E-state index in [0.29, 0.717) is 49.8 Å². The van der Waals surface area contributed by atoms with Crippen LogP contribution in [0.2, 0.25) is 0 Å². The molecule has 5 aromatic rings. The molecule has 81 heavy (non-hydrogen) atoms. The lowest BCUT2D eigenvalue weighted by atomic mass is 9.85. The number of thiazole rings is 1. The highest BCUT2D eigenvalue weighted by Crippen LogP contribution is 2.37. The number of anilines is 2. The Kier molecular flexibility index (Phi) is 20.7. The second-order valence-corrected chi connectivity index (χ2v) is 23.4. The molecule has 436 valence electrons. The Morgan fingerprint density at radius 1 is 0.827 bits per heavy atom. The van der Waals surface area contributed by atoms with E-state index in [-0.39, 0.29) is 66.6 Å². The zero-order valence-corrected chi connectivity index (χ0v) is 47.9. The van der Waals surface area contributed by atoms with Crippen LogP contribution in [-0.2, 0) is 27.1 Å². The van der Waals surface area contributed by atoms with Crippen LogP contribution >= 0.6 is 11.3 Å². The van der Waals surface area contributed by atoms with E-state index in [1.54, 1.807) is 29.0 Å². The van der Waals surface area contributed by atoms with Crippen molar-refractivity contribution in [3.8, 4) is 21.6 Å². The highest BCUT2D eigenvalue weighted by atomic mass is 32.1. The Labute approximate surface area is 474 Å². The molecule has 0 saturated carbocycles. The summed E-state index contributed by atoms with van der Waals surface area (Å²) >= 11 is 1.56. The first kappa shape index (κ1) is 61.6. The van der Waals surface area contributed by atoms with Gasteiger partial charge < -0.3 is 41.2 Å². The van der Waals surface area contributed by atoms with Gasteiger partial charge in [0, 0.05) is 81.0 Å². The Balaban J connectivity index is 0.822. The third kappa shape index (κ3) is 16.2. The van der Waals surface area contributed by atoms with E-state index >= 15 is 4.39 Å². The molecule has 4 heterocycles. The largest absolute Gasteiger partial charge is 0.417 e. The first-order valence-corrected chi connectivity index (χ1v) is 28.6. The molecular weight excluding hydrogens is 1070 g/mol. The quantitative estimate of drug-likeness (QED) is 0.0286. The number of aryl methyl sites for hydroxylation is 1. The maximum absolute atomic E-state index is 15.9. The number of hydrogen-bond acceptors (Lipinski definition) is 11. The minimum Gasteiger partial charge on any atom is -0.391 e. The van der Waals surface area contributed by atoms with Gasteiger partial charge >= 0.3 is 6.18 Å². The van der Waals surface area contributed by atoms with Gasteiger partial charge in [-0.1, -0.05) is 95.7 Å². The SMILES string of the molecule is Cc1ncsc1-c1ccc(CNC(=O)[C@@H]2C[C@@H](O)CN2C(=O)C(NC(=O)CCCCCCCCCCNC(=O)c2ccc(-c3ccc(N4C[C@@H](C)N(C)[C@@H](C)C4)c(NC(=O)c4c[nH]c(=O)cc4C(F)(F)F)c3)c(F)c2)C(C)(C)C)cc1. The normalized spacial score (nSPS) is 18.1. The number of alkyl halides is 3. The molecule has 6 N–H and O–H groups in total. The second-order valence-electron chi connectivity index (χ2n) is 22.5. The lowest BCUT2D eigenvalue weighted by molar-refractivity contribution is -0.144. The van der Waals surface area contributed by atoms with E-state index in [4.69, 9.17) is 0 Å². The number of β-amino-alcohol motifs (C(OH)–C–C–N with tert-alkyl or cyclic N) is 1. The number of nitrogens with zero attached hydrogens (tertiary/aromatic N) is 4. The fourth-order valence-electron chi connectivity index (χ4n) is 10.4. The number of aromatic nitrogens is 2. The van der Waals surface area contributed by atoms with Gasteiger partial charge in [-0.05, 0) is 87.0 Å². The summed E-state index contributed by atoms with van der Waals surface area (Å²) in [5, 5.41) is 21.9. The third-order valence-electron chi connectivity index (χ3n) is 15.3. The number of aliphatic hydroxyl groups excluding tert-OH is 1. The number of likely N-dealkylation sites (tertiary alicyclic amines) is 1. The van der Waals surface area contributed by atoms with E-state index in [0.717, 1.165) is 72.5 Å². The number of nitrogens with one attached hydrogen (secondary N) is 5. The van der Waals surface area contributed by atoms with Crippen LogP contribution in [0.4, 0.5) is 28.9 Å². The van der Waals surface area contributed by atoms with E-state index in [1.807, 2.05) is 77.8 Å². The number of carbonyl (C=O) groups excluding carboxylic acids is 5. The Hall–Kier alpha value is -6.97. The van der Waals surface area contributed by atoms with Crippen LogP contribution in [0.5, 0.6) is 0 Å². The molecule has 21 heteroatoms. The summed E-state index contributed by atoms with van der Waals surface area (Å²) in [6.45, 7) is 13.3.